The largest absolute Gasteiger partial charge is 0.447 e. The third-order valence-corrected chi connectivity index (χ3v) is 5.37. The Labute approximate surface area is 183 Å². The van der Waals surface area contributed by atoms with Crippen molar-refractivity contribution in [3.8, 4) is 11.1 Å². The van der Waals surface area contributed by atoms with Crippen molar-refractivity contribution in [1.29, 1.82) is 0 Å². The van der Waals surface area contributed by atoms with E-state index in [0.717, 1.165) is 22.6 Å². The number of cyclic esters (lactones) is 1. The van der Waals surface area contributed by atoms with Gasteiger partial charge >= 0.3 is 12.3 Å². The van der Waals surface area contributed by atoms with Crippen LogP contribution in [0.5, 0.6) is 0 Å². The topological polar surface area (TPSA) is 46.6 Å². The number of hydrogen-bond donors (Lipinski definition) is 0. The van der Waals surface area contributed by atoms with E-state index < -0.39 is 17.8 Å². The normalized spacial score (nSPS) is 16.2. The van der Waals surface area contributed by atoms with E-state index >= 15 is 0 Å². The van der Waals surface area contributed by atoms with Gasteiger partial charge in [-0.25, -0.2) is 9.69 Å². The molecule has 164 valence electrons. The number of benzene rings is 3. The second-order valence-electron chi connectivity index (χ2n) is 7.64. The van der Waals surface area contributed by atoms with Crippen LogP contribution < -0.4 is 0 Å². The second-order valence-corrected chi connectivity index (χ2v) is 7.64. The Bertz CT molecular complexity index is 1110. The lowest BCUT2D eigenvalue weighted by Crippen LogP contribution is -2.41. The number of imide groups is 1. The molecule has 0 unspecified atom stereocenters. The van der Waals surface area contributed by atoms with Crippen LogP contribution in [-0.2, 0) is 28.5 Å². The van der Waals surface area contributed by atoms with Crippen LogP contribution in [0.4, 0.5) is 18.0 Å². The molecule has 1 aliphatic heterocycles. The van der Waals surface area contributed by atoms with Gasteiger partial charge < -0.3 is 4.74 Å². The van der Waals surface area contributed by atoms with E-state index in [1.807, 2.05) is 30.3 Å². The minimum absolute atomic E-state index is 0.0190. The molecule has 1 aliphatic rings. The van der Waals surface area contributed by atoms with Crippen LogP contribution in [0.3, 0.4) is 0 Å². The number of alkyl halides is 3. The first-order valence-corrected chi connectivity index (χ1v) is 10.1. The highest BCUT2D eigenvalue weighted by Gasteiger charge is 2.37. The quantitative estimate of drug-likeness (QED) is 0.527. The minimum Gasteiger partial charge on any atom is -0.447 e. The van der Waals surface area contributed by atoms with E-state index in [2.05, 4.69) is 0 Å². The molecule has 0 saturated carbocycles. The molecule has 4 nitrogen and oxygen atoms in total. The molecule has 0 spiro atoms. The molecule has 1 saturated heterocycles. The third-order valence-electron chi connectivity index (χ3n) is 5.37. The first-order valence-electron chi connectivity index (χ1n) is 10.1. The van der Waals surface area contributed by atoms with Crippen LogP contribution in [-0.4, -0.2) is 29.5 Å². The van der Waals surface area contributed by atoms with Gasteiger partial charge in [-0.3, -0.25) is 4.79 Å². The average molecular weight is 439 g/mol. The lowest BCUT2D eigenvalue weighted by molar-refractivity contribution is -0.137. The zero-order chi connectivity index (χ0) is 22.7. The maximum Gasteiger partial charge on any atom is 0.416 e. The molecular weight excluding hydrogens is 419 g/mol. The van der Waals surface area contributed by atoms with Crippen molar-refractivity contribution < 1.29 is 27.5 Å². The fraction of sp³-hybridized carbons (Fsp3) is 0.200. The summed E-state index contributed by atoms with van der Waals surface area (Å²) < 4.78 is 43.5. The molecule has 0 N–H and O–H groups in total. The Morgan fingerprint density at radius 1 is 0.906 bits per heavy atom. The van der Waals surface area contributed by atoms with E-state index in [1.165, 1.54) is 12.1 Å². The highest BCUT2D eigenvalue weighted by molar-refractivity contribution is 5.94. The predicted molar refractivity (Wildman–Crippen MR) is 113 cm³/mol. The van der Waals surface area contributed by atoms with Gasteiger partial charge in [-0.15, -0.1) is 0 Å². The van der Waals surface area contributed by atoms with E-state index in [4.69, 9.17) is 4.74 Å². The maximum absolute atomic E-state index is 12.9. The molecule has 1 heterocycles. The van der Waals surface area contributed by atoms with Gasteiger partial charge in [-0.1, -0.05) is 66.7 Å². The van der Waals surface area contributed by atoms with Crippen molar-refractivity contribution in [3.63, 3.8) is 0 Å². The van der Waals surface area contributed by atoms with Crippen LogP contribution in [0.1, 0.15) is 16.7 Å². The minimum atomic E-state index is -4.40. The van der Waals surface area contributed by atoms with E-state index in [9.17, 15) is 22.8 Å². The maximum atomic E-state index is 12.9. The Morgan fingerprint density at radius 2 is 1.59 bits per heavy atom. The van der Waals surface area contributed by atoms with Crippen molar-refractivity contribution >= 4 is 12.0 Å². The number of amides is 2. The number of ether oxygens (including phenoxy) is 1. The summed E-state index contributed by atoms with van der Waals surface area (Å²) in [7, 11) is 0. The lowest BCUT2D eigenvalue weighted by Gasteiger charge is -2.20. The number of rotatable bonds is 5. The summed E-state index contributed by atoms with van der Waals surface area (Å²) in [6, 6.07) is 21.0. The van der Waals surface area contributed by atoms with Crippen LogP contribution in [0, 0.1) is 0 Å². The summed E-state index contributed by atoms with van der Waals surface area (Å²) in [5.74, 6) is -0.377. The van der Waals surface area contributed by atoms with Crippen LogP contribution in [0.15, 0.2) is 78.9 Å². The zero-order valence-corrected chi connectivity index (χ0v) is 17.0. The Kier molecular flexibility index (Phi) is 5.99. The molecule has 32 heavy (non-hydrogen) atoms. The molecular formula is C25H20F3NO3. The Morgan fingerprint density at radius 3 is 2.28 bits per heavy atom. The SMILES string of the molecule is O=C(Cc1cccc(-c2ccc(C(F)(F)F)cc2)c1)N1C(=O)OC[C@H]1Cc1ccccc1. The van der Waals surface area contributed by atoms with Gasteiger partial charge in [0.15, 0.2) is 0 Å². The van der Waals surface area contributed by atoms with E-state index in [0.29, 0.717) is 23.1 Å². The van der Waals surface area contributed by atoms with Gasteiger partial charge in [0.2, 0.25) is 5.91 Å². The molecule has 1 atom stereocenters. The van der Waals surface area contributed by atoms with Gasteiger partial charge in [-0.2, -0.15) is 13.2 Å². The molecule has 0 aromatic heterocycles. The van der Waals surface area contributed by atoms with Gasteiger partial charge in [0.05, 0.1) is 18.0 Å². The summed E-state index contributed by atoms with van der Waals surface area (Å²) in [5, 5.41) is 0. The van der Waals surface area contributed by atoms with Gasteiger partial charge in [0.1, 0.15) is 6.61 Å². The molecule has 3 aromatic rings. The van der Waals surface area contributed by atoms with Gasteiger partial charge in [-0.05, 0) is 40.8 Å². The Balaban J connectivity index is 1.49. The average Bonchev–Trinajstić information content (AvgIpc) is 3.14. The van der Waals surface area contributed by atoms with Crippen molar-refractivity contribution in [3.05, 3.63) is 95.6 Å². The summed E-state index contributed by atoms with van der Waals surface area (Å²) in [6.45, 7) is 0.144. The van der Waals surface area contributed by atoms with Crippen molar-refractivity contribution in [2.75, 3.05) is 6.61 Å². The van der Waals surface area contributed by atoms with Crippen molar-refractivity contribution in [1.82, 2.24) is 4.90 Å². The first-order chi connectivity index (χ1) is 15.3. The van der Waals surface area contributed by atoms with Crippen LogP contribution in [0.2, 0.25) is 0 Å². The first kappa shape index (κ1) is 21.6. The van der Waals surface area contributed by atoms with Crippen LogP contribution in [0.25, 0.3) is 11.1 Å². The molecule has 1 fully saturated rings. The number of carbonyl (C=O) groups is 2. The van der Waals surface area contributed by atoms with Gasteiger partial charge in [0.25, 0.3) is 0 Å². The molecule has 0 aliphatic carbocycles. The van der Waals surface area contributed by atoms with Crippen LogP contribution >= 0.6 is 0 Å². The summed E-state index contributed by atoms with van der Waals surface area (Å²) >= 11 is 0. The molecule has 0 radical (unpaired) electrons. The van der Waals surface area contributed by atoms with Gasteiger partial charge in [0, 0.05) is 0 Å². The highest BCUT2D eigenvalue weighted by Crippen LogP contribution is 2.31. The second kappa shape index (κ2) is 8.86. The fourth-order valence-electron chi connectivity index (χ4n) is 3.77. The summed E-state index contributed by atoms with van der Waals surface area (Å²) in [6.07, 6.45) is -4.57. The molecule has 2 amide bonds. The van der Waals surface area contributed by atoms with E-state index in [-0.39, 0.29) is 25.0 Å². The summed E-state index contributed by atoms with van der Waals surface area (Å²) in [4.78, 5) is 26.3. The Hall–Kier alpha value is -3.61. The number of halogens is 3. The smallest absolute Gasteiger partial charge is 0.416 e. The number of nitrogens with zero attached hydrogens (tertiary/aromatic N) is 1. The fourth-order valence-corrected chi connectivity index (χ4v) is 3.77. The molecule has 4 rings (SSSR count). The van der Waals surface area contributed by atoms with Crippen molar-refractivity contribution in [2.45, 2.75) is 25.1 Å². The standard InChI is InChI=1S/C25H20F3NO3/c26-25(27,28)21-11-9-19(10-12-21)20-8-4-7-18(13-20)15-23(30)29-22(16-32-24(29)31)14-17-5-2-1-3-6-17/h1-13,22H,14-16H2/t22-/m1/s1. The molecule has 3 aromatic carbocycles. The monoisotopic (exact) mass is 439 g/mol. The number of carbonyl (C=O) groups excluding carboxylic acids is 2. The summed E-state index contributed by atoms with van der Waals surface area (Å²) in [5.41, 5.74) is 2.23. The lowest BCUT2D eigenvalue weighted by atomic mass is 10.00. The molecule has 0 bridgehead atoms. The third kappa shape index (κ3) is 4.82. The predicted octanol–water partition coefficient (Wildman–Crippen LogP) is 5.51. The zero-order valence-electron chi connectivity index (χ0n) is 17.0. The van der Waals surface area contributed by atoms with E-state index in [1.54, 1.807) is 24.3 Å². The molecule has 7 heteroatoms. The highest BCUT2D eigenvalue weighted by atomic mass is 19.4. The number of hydrogen-bond acceptors (Lipinski definition) is 3. The van der Waals surface area contributed by atoms with Crippen molar-refractivity contribution in [2.24, 2.45) is 0 Å².